The molecule has 2 heterocycles. The molecule has 114 valence electrons. The Kier molecular flexibility index (Phi) is 4.85. The maximum absolute atomic E-state index is 11.8. The Morgan fingerprint density at radius 1 is 1.38 bits per heavy atom. The third kappa shape index (κ3) is 3.75. The first-order chi connectivity index (χ1) is 10.0. The molecule has 0 spiro atoms. The van der Waals surface area contributed by atoms with Gasteiger partial charge in [-0.05, 0) is 6.42 Å². The van der Waals surface area contributed by atoms with Crippen molar-refractivity contribution in [1.29, 1.82) is 0 Å². The van der Waals surface area contributed by atoms with E-state index in [1.54, 1.807) is 17.3 Å². The van der Waals surface area contributed by atoms with E-state index in [4.69, 9.17) is 0 Å². The number of amides is 2. The molecule has 1 unspecified atom stereocenters. The van der Waals surface area contributed by atoms with Crippen LogP contribution >= 0.6 is 0 Å². The van der Waals surface area contributed by atoms with Crippen molar-refractivity contribution < 1.29 is 9.59 Å². The Morgan fingerprint density at radius 3 is 2.62 bits per heavy atom. The lowest BCUT2D eigenvalue weighted by Crippen LogP contribution is -2.58. The molecule has 1 aromatic heterocycles. The van der Waals surface area contributed by atoms with E-state index in [9.17, 15) is 9.59 Å². The van der Waals surface area contributed by atoms with Gasteiger partial charge in [0.15, 0.2) is 0 Å². The average Bonchev–Trinajstić information content (AvgIpc) is 2.45. The first kappa shape index (κ1) is 15.4. The highest BCUT2D eigenvalue weighted by atomic mass is 16.2. The van der Waals surface area contributed by atoms with Crippen LogP contribution in [-0.2, 0) is 16.1 Å². The second-order valence-electron chi connectivity index (χ2n) is 5.39. The normalized spacial score (nSPS) is 19.0. The van der Waals surface area contributed by atoms with E-state index < -0.39 is 6.04 Å². The quantitative estimate of drug-likeness (QED) is 0.754. The molecule has 7 heteroatoms. The van der Waals surface area contributed by atoms with Gasteiger partial charge in [0, 0.05) is 30.5 Å². The molecule has 1 atom stereocenters. The van der Waals surface area contributed by atoms with Crippen molar-refractivity contribution in [2.24, 2.45) is 0 Å². The summed E-state index contributed by atoms with van der Waals surface area (Å²) in [6, 6.07) is -0.0140. The number of rotatable bonds is 5. The molecule has 0 aromatic carbocycles. The van der Waals surface area contributed by atoms with Gasteiger partial charge >= 0.3 is 0 Å². The van der Waals surface area contributed by atoms with Gasteiger partial charge in [-0.3, -0.25) is 14.9 Å². The van der Waals surface area contributed by atoms with Crippen LogP contribution in [0, 0.1) is 0 Å². The number of carbonyl (C=O) groups is 2. The van der Waals surface area contributed by atoms with E-state index in [1.807, 2.05) is 6.92 Å². The number of anilines is 1. The summed E-state index contributed by atoms with van der Waals surface area (Å²) in [5.74, 6) is -0.194. The molecule has 21 heavy (non-hydrogen) atoms. The molecule has 2 amide bonds. The SMILES string of the molecule is CCC1C(=O)NC(=O)CN1c1ncc(CNC(C)C)cn1. The minimum atomic E-state index is -0.401. The van der Waals surface area contributed by atoms with Crippen molar-refractivity contribution in [3.8, 4) is 0 Å². The number of carbonyl (C=O) groups excluding carboxylic acids is 2. The zero-order valence-corrected chi connectivity index (χ0v) is 12.6. The molecular weight excluding hydrogens is 270 g/mol. The minimum absolute atomic E-state index is 0.105. The highest BCUT2D eigenvalue weighted by molar-refractivity contribution is 6.04. The number of imide groups is 1. The number of hydrogen-bond donors (Lipinski definition) is 2. The Morgan fingerprint density at radius 2 is 2.05 bits per heavy atom. The Hall–Kier alpha value is -2.02. The number of piperazine rings is 1. The molecule has 1 aliphatic heterocycles. The summed E-state index contributed by atoms with van der Waals surface area (Å²) >= 11 is 0. The molecule has 1 fully saturated rings. The summed E-state index contributed by atoms with van der Waals surface area (Å²) in [7, 11) is 0. The van der Waals surface area contributed by atoms with E-state index in [0.717, 1.165) is 5.56 Å². The molecule has 0 aliphatic carbocycles. The van der Waals surface area contributed by atoms with E-state index >= 15 is 0 Å². The fraction of sp³-hybridized carbons (Fsp3) is 0.571. The van der Waals surface area contributed by atoms with Crippen LogP contribution in [0.5, 0.6) is 0 Å². The number of hydrogen-bond acceptors (Lipinski definition) is 6. The van der Waals surface area contributed by atoms with Crippen molar-refractivity contribution in [1.82, 2.24) is 20.6 Å². The lowest BCUT2D eigenvalue weighted by molar-refractivity contribution is -0.133. The Balaban J connectivity index is 2.12. The Labute approximate surface area is 124 Å². The van der Waals surface area contributed by atoms with Gasteiger partial charge in [0.2, 0.25) is 17.8 Å². The lowest BCUT2D eigenvalue weighted by atomic mass is 10.1. The van der Waals surface area contributed by atoms with Crippen LogP contribution in [0.15, 0.2) is 12.4 Å². The van der Waals surface area contributed by atoms with Gasteiger partial charge < -0.3 is 10.2 Å². The second kappa shape index (κ2) is 6.62. The average molecular weight is 291 g/mol. The molecule has 1 saturated heterocycles. The fourth-order valence-electron chi connectivity index (χ4n) is 2.19. The summed E-state index contributed by atoms with van der Waals surface area (Å²) in [5, 5.41) is 5.62. The fourth-order valence-corrected chi connectivity index (χ4v) is 2.19. The predicted molar refractivity (Wildman–Crippen MR) is 78.6 cm³/mol. The lowest BCUT2D eigenvalue weighted by Gasteiger charge is -2.33. The summed E-state index contributed by atoms with van der Waals surface area (Å²) in [5.41, 5.74) is 0.966. The summed E-state index contributed by atoms with van der Waals surface area (Å²) < 4.78 is 0. The third-order valence-corrected chi connectivity index (χ3v) is 3.31. The minimum Gasteiger partial charge on any atom is -0.319 e. The molecule has 0 saturated carbocycles. The molecular formula is C14H21N5O2. The molecule has 2 rings (SSSR count). The van der Waals surface area contributed by atoms with Crippen LogP contribution < -0.4 is 15.5 Å². The van der Waals surface area contributed by atoms with Crippen molar-refractivity contribution in [3.63, 3.8) is 0 Å². The second-order valence-corrected chi connectivity index (χ2v) is 5.39. The zero-order valence-electron chi connectivity index (χ0n) is 12.6. The highest BCUT2D eigenvalue weighted by Crippen LogP contribution is 2.16. The number of nitrogens with zero attached hydrogens (tertiary/aromatic N) is 3. The first-order valence-electron chi connectivity index (χ1n) is 7.16. The van der Waals surface area contributed by atoms with E-state index in [0.29, 0.717) is 25.0 Å². The van der Waals surface area contributed by atoms with Crippen molar-refractivity contribution in [2.45, 2.75) is 45.8 Å². The maximum atomic E-state index is 11.8. The smallest absolute Gasteiger partial charge is 0.249 e. The van der Waals surface area contributed by atoms with E-state index in [1.165, 1.54) is 0 Å². The topological polar surface area (TPSA) is 87.2 Å². The zero-order chi connectivity index (χ0) is 15.4. The first-order valence-corrected chi connectivity index (χ1v) is 7.16. The van der Waals surface area contributed by atoms with Crippen LogP contribution in [0.25, 0.3) is 0 Å². The monoisotopic (exact) mass is 291 g/mol. The van der Waals surface area contributed by atoms with Gasteiger partial charge in [0.05, 0.1) is 0 Å². The van der Waals surface area contributed by atoms with E-state index in [2.05, 4.69) is 34.4 Å². The molecule has 2 N–H and O–H groups in total. The molecule has 1 aliphatic rings. The van der Waals surface area contributed by atoms with Crippen molar-refractivity contribution in [3.05, 3.63) is 18.0 Å². The van der Waals surface area contributed by atoms with Crippen molar-refractivity contribution >= 4 is 17.8 Å². The van der Waals surface area contributed by atoms with Crippen LogP contribution in [0.1, 0.15) is 32.8 Å². The summed E-state index contributed by atoms with van der Waals surface area (Å²) in [4.78, 5) is 33.6. The van der Waals surface area contributed by atoms with Crippen molar-refractivity contribution in [2.75, 3.05) is 11.4 Å². The molecule has 7 nitrogen and oxygen atoms in total. The van der Waals surface area contributed by atoms with Gasteiger partial charge in [0.25, 0.3) is 0 Å². The van der Waals surface area contributed by atoms with Crippen LogP contribution in [0.4, 0.5) is 5.95 Å². The van der Waals surface area contributed by atoms with Crippen LogP contribution in [0.2, 0.25) is 0 Å². The van der Waals surface area contributed by atoms with Gasteiger partial charge in [0.1, 0.15) is 12.6 Å². The van der Waals surface area contributed by atoms with E-state index in [-0.39, 0.29) is 18.4 Å². The molecule has 0 bridgehead atoms. The number of nitrogens with one attached hydrogen (secondary N) is 2. The van der Waals surface area contributed by atoms with Gasteiger partial charge in [-0.25, -0.2) is 9.97 Å². The van der Waals surface area contributed by atoms with Crippen LogP contribution in [-0.4, -0.2) is 40.4 Å². The van der Waals surface area contributed by atoms with Gasteiger partial charge in [-0.1, -0.05) is 20.8 Å². The van der Waals surface area contributed by atoms with Crippen LogP contribution in [0.3, 0.4) is 0 Å². The standard InChI is InChI=1S/C14H21N5O2/c1-4-11-13(21)18-12(20)8-19(11)14-16-6-10(7-17-14)5-15-9(2)3/h6-7,9,11,15H,4-5,8H2,1-3H3,(H,18,20,21). The maximum Gasteiger partial charge on any atom is 0.249 e. The van der Waals surface area contributed by atoms with Gasteiger partial charge in [-0.2, -0.15) is 0 Å². The van der Waals surface area contributed by atoms with Gasteiger partial charge in [-0.15, -0.1) is 0 Å². The predicted octanol–water partition coefficient (Wildman–Crippen LogP) is 0.216. The summed E-state index contributed by atoms with van der Waals surface area (Å²) in [6.07, 6.45) is 4.04. The summed E-state index contributed by atoms with van der Waals surface area (Å²) in [6.45, 7) is 6.83. The Bertz CT molecular complexity index is 515. The molecule has 0 radical (unpaired) electrons. The largest absolute Gasteiger partial charge is 0.319 e. The third-order valence-electron chi connectivity index (χ3n) is 3.31. The number of aromatic nitrogens is 2. The highest BCUT2D eigenvalue weighted by Gasteiger charge is 2.33. The molecule has 1 aromatic rings.